The zero-order chi connectivity index (χ0) is 20.1. The van der Waals surface area contributed by atoms with Crippen LogP contribution in [0, 0.1) is 52.3 Å². The summed E-state index contributed by atoms with van der Waals surface area (Å²) in [6, 6.07) is 0. The Hall–Kier alpha value is -0.260. The van der Waals surface area contributed by atoms with E-state index in [1.807, 2.05) is 5.57 Å². The SMILES string of the molecule is CC(C)CCC[C@@H](C)[C@H]1CCC2[C@@H]3CC=C4C[C@@H](C)CC[C@]4(C)C3CC[C@@]21C.[HH].[HH]. The van der Waals surface area contributed by atoms with E-state index < -0.39 is 0 Å². The van der Waals surface area contributed by atoms with Crippen molar-refractivity contribution in [2.24, 2.45) is 52.3 Å². The zero-order valence-electron chi connectivity index (χ0n) is 19.9. The lowest BCUT2D eigenvalue weighted by atomic mass is 9.46. The van der Waals surface area contributed by atoms with Gasteiger partial charge in [0, 0.05) is 2.85 Å². The highest BCUT2D eigenvalue weighted by Crippen LogP contribution is 2.67. The van der Waals surface area contributed by atoms with Crippen molar-refractivity contribution in [2.75, 3.05) is 0 Å². The minimum absolute atomic E-state index is 0. The highest BCUT2D eigenvalue weighted by atomic mass is 14.6. The molecule has 0 aromatic heterocycles. The molecule has 0 aromatic carbocycles. The van der Waals surface area contributed by atoms with Crippen molar-refractivity contribution in [1.29, 1.82) is 0 Å². The predicted octanol–water partition coefficient (Wildman–Crippen LogP) is 9.16. The maximum Gasteiger partial charge on any atom is 0 e. The Morgan fingerprint density at radius 3 is 2.54 bits per heavy atom. The molecule has 0 amide bonds. The molecule has 3 saturated carbocycles. The molecule has 4 rings (SSSR count). The van der Waals surface area contributed by atoms with Gasteiger partial charge in [0.1, 0.15) is 0 Å². The van der Waals surface area contributed by atoms with Crippen molar-refractivity contribution < 1.29 is 2.85 Å². The van der Waals surface area contributed by atoms with Gasteiger partial charge >= 0.3 is 0 Å². The molecule has 0 heteroatoms. The van der Waals surface area contributed by atoms with Crippen LogP contribution in [0.15, 0.2) is 11.6 Å². The van der Waals surface area contributed by atoms with Crippen molar-refractivity contribution in [1.82, 2.24) is 0 Å². The Morgan fingerprint density at radius 1 is 1.00 bits per heavy atom. The Balaban J connectivity index is 0.00000160. The molecule has 3 fully saturated rings. The number of hydrogen-bond donors (Lipinski definition) is 0. The second kappa shape index (κ2) is 7.77. The molecular weight excluding hydrogens is 336 g/mol. The van der Waals surface area contributed by atoms with Crippen LogP contribution in [0.5, 0.6) is 0 Å². The van der Waals surface area contributed by atoms with Gasteiger partial charge in [0.05, 0.1) is 0 Å². The molecule has 4 aliphatic carbocycles. The minimum atomic E-state index is 0. The van der Waals surface area contributed by atoms with Crippen molar-refractivity contribution >= 4 is 0 Å². The fourth-order valence-electron chi connectivity index (χ4n) is 8.87. The van der Waals surface area contributed by atoms with Gasteiger partial charge in [0.2, 0.25) is 0 Å². The van der Waals surface area contributed by atoms with E-state index in [1.54, 1.807) is 0 Å². The van der Waals surface area contributed by atoms with Gasteiger partial charge in [-0.15, -0.1) is 0 Å². The quantitative estimate of drug-likeness (QED) is 0.412. The summed E-state index contributed by atoms with van der Waals surface area (Å²) < 4.78 is 0. The second-order valence-corrected chi connectivity index (χ2v) is 12.6. The van der Waals surface area contributed by atoms with Gasteiger partial charge in [0.15, 0.2) is 0 Å². The molecule has 8 atom stereocenters. The molecule has 0 heterocycles. The summed E-state index contributed by atoms with van der Waals surface area (Å²) in [7, 11) is 0. The number of allylic oxidation sites excluding steroid dienone is 2. The Bertz CT molecular complexity index is 595. The molecule has 0 nitrogen and oxygen atoms in total. The molecule has 0 radical (unpaired) electrons. The molecule has 0 aromatic rings. The monoisotopic (exact) mass is 388 g/mol. The number of rotatable bonds is 5. The largest absolute Gasteiger partial charge is 0.0845 e. The lowest BCUT2D eigenvalue weighted by Crippen LogP contribution is -2.50. The summed E-state index contributed by atoms with van der Waals surface area (Å²) in [5, 5.41) is 0. The van der Waals surface area contributed by atoms with Gasteiger partial charge in [-0.3, -0.25) is 0 Å². The summed E-state index contributed by atoms with van der Waals surface area (Å²) in [4.78, 5) is 0. The molecule has 0 spiro atoms. The summed E-state index contributed by atoms with van der Waals surface area (Å²) in [5.74, 6) is 6.73. The number of hydrogen-bond acceptors (Lipinski definition) is 0. The third kappa shape index (κ3) is 3.43. The van der Waals surface area contributed by atoms with Crippen LogP contribution in [0.1, 0.15) is 115 Å². The van der Waals surface area contributed by atoms with Crippen LogP contribution in [0.2, 0.25) is 0 Å². The smallest absolute Gasteiger partial charge is 0 e. The summed E-state index contributed by atoms with van der Waals surface area (Å²) in [6.45, 7) is 15.3. The first kappa shape index (κ1) is 21.0. The maximum atomic E-state index is 2.75. The highest BCUT2D eigenvalue weighted by Gasteiger charge is 2.58. The van der Waals surface area contributed by atoms with E-state index in [2.05, 4.69) is 47.6 Å². The first-order valence-electron chi connectivity index (χ1n) is 12.9. The predicted molar refractivity (Wildman–Crippen MR) is 126 cm³/mol. The molecule has 2 unspecified atom stereocenters. The third-order valence-electron chi connectivity index (χ3n) is 10.6. The normalized spacial score (nSPS) is 46.5. The fraction of sp³-hybridized carbons (Fsp3) is 0.929. The minimum Gasteiger partial charge on any atom is -0.0845 e. The van der Waals surface area contributed by atoms with Crippen LogP contribution < -0.4 is 0 Å². The zero-order valence-corrected chi connectivity index (χ0v) is 19.9. The molecular formula is C28H52. The molecule has 0 bridgehead atoms. The van der Waals surface area contributed by atoms with Crippen molar-refractivity contribution in [3.05, 3.63) is 11.6 Å². The van der Waals surface area contributed by atoms with E-state index in [0.717, 1.165) is 41.4 Å². The van der Waals surface area contributed by atoms with E-state index in [-0.39, 0.29) is 2.85 Å². The summed E-state index contributed by atoms with van der Waals surface area (Å²) in [5.41, 5.74) is 3.06. The topological polar surface area (TPSA) is 0 Å². The average molecular weight is 389 g/mol. The lowest BCUT2D eigenvalue weighted by Gasteiger charge is -2.58. The van der Waals surface area contributed by atoms with Crippen LogP contribution in [0.4, 0.5) is 0 Å². The van der Waals surface area contributed by atoms with Crippen molar-refractivity contribution in [3.63, 3.8) is 0 Å². The van der Waals surface area contributed by atoms with Gasteiger partial charge < -0.3 is 0 Å². The average Bonchev–Trinajstić information content (AvgIpc) is 2.99. The third-order valence-corrected chi connectivity index (χ3v) is 10.6. The first-order valence-corrected chi connectivity index (χ1v) is 12.9. The van der Waals surface area contributed by atoms with Gasteiger partial charge in [-0.2, -0.15) is 0 Å². The lowest BCUT2D eigenvalue weighted by molar-refractivity contribution is -0.0523. The highest BCUT2D eigenvalue weighted by molar-refractivity contribution is 5.25. The van der Waals surface area contributed by atoms with Gasteiger partial charge in [0.25, 0.3) is 0 Å². The van der Waals surface area contributed by atoms with Gasteiger partial charge in [-0.1, -0.05) is 72.5 Å². The summed E-state index contributed by atoms with van der Waals surface area (Å²) in [6.07, 6.45) is 19.0. The first-order chi connectivity index (χ1) is 13.3. The summed E-state index contributed by atoms with van der Waals surface area (Å²) >= 11 is 0. The van der Waals surface area contributed by atoms with E-state index in [4.69, 9.17) is 0 Å². The Morgan fingerprint density at radius 2 is 1.79 bits per heavy atom. The molecule has 0 saturated heterocycles. The Kier molecular flexibility index (Phi) is 5.83. The molecule has 164 valence electrons. The molecule has 0 N–H and O–H groups in total. The van der Waals surface area contributed by atoms with E-state index >= 15 is 0 Å². The van der Waals surface area contributed by atoms with E-state index in [1.165, 1.54) is 70.6 Å². The molecule has 28 heavy (non-hydrogen) atoms. The fourth-order valence-corrected chi connectivity index (χ4v) is 8.87. The van der Waals surface area contributed by atoms with Crippen LogP contribution >= 0.6 is 0 Å². The number of fused-ring (bicyclic) bond motifs is 5. The van der Waals surface area contributed by atoms with Crippen molar-refractivity contribution in [2.45, 2.75) is 112 Å². The van der Waals surface area contributed by atoms with Crippen LogP contribution in [-0.2, 0) is 0 Å². The van der Waals surface area contributed by atoms with Gasteiger partial charge in [-0.25, -0.2) is 0 Å². The molecule has 4 aliphatic rings. The second-order valence-electron chi connectivity index (χ2n) is 12.6. The van der Waals surface area contributed by atoms with E-state index in [9.17, 15) is 0 Å². The Labute approximate surface area is 179 Å². The van der Waals surface area contributed by atoms with Crippen LogP contribution in [0.25, 0.3) is 0 Å². The molecule has 0 aliphatic heterocycles. The van der Waals surface area contributed by atoms with Crippen LogP contribution in [0.3, 0.4) is 0 Å². The standard InChI is InChI=1S/C28H48.2H2/c1-19(2)8-7-9-21(4)24-12-13-25-23-11-10-22-18-20(3)14-16-27(22,5)26(23)15-17-28(24,25)6;;/h10,19-21,23-26H,7-9,11-18H2,1-6H3;2*1H/t20-,21+,23-,24+,25?,26?,27-,28+;;/m0../s1. The maximum absolute atomic E-state index is 2.75. The van der Waals surface area contributed by atoms with Crippen LogP contribution in [-0.4, -0.2) is 0 Å². The van der Waals surface area contributed by atoms with E-state index in [0.29, 0.717) is 10.8 Å². The van der Waals surface area contributed by atoms with Crippen molar-refractivity contribution in [3.8, 4) is 0 Å². The van der Waals surface area contributed by atoms with Gasteiger partial charge in [-0.05, 0) is 104 Å².